The first-order chi connectivity index (χ1) is 22.6. The maximum absolute atomic E-state index is 12.3. The standard InChI is InChI=1S/C39H46N4O4/c1-8-9-10-13-46-24(7)35-22(5)31-16-30-21(4)26(12-11-25(45)18-44)37(42-30)27-14-34-39(47-34)36-23(6)32(43-38(27)36)15-28-19(2)20(3)29(40-28)17-33(35)41-31/h15-17,24,34,39,41,43-44H,8-14,18H2,1-7H3. The van der Waals surface area contributed by atoms with Crippen LogP contribution in [0, 0.1) is 13.8 Å². The van der Waals surface area contributed by atoms with E-state index in [1.54, 1.807) is 0 Å². The fourth-order valence-electron chi connectivity index (χ4n) is 7.58. The second-order valence-electron chi connectivity index (χ2n) is 13.7. The molecule has 1 saturated heterocycles. The molecule has 8 heteroatoms. The molecule has 47 heavy (non-hydrogen) atoms. The van der Waals surface area contributed by atoms with Crippen molar-refractivity contribution in [2.45, 2.75) is 105 Å². The number of hydrogen-bond acceptors (Lipinski definition) is 6. The normalized spacial score (nSPS) is 19.0. The first-order valence-electron chi connectivity index (χ1n) is 17.2. The Morgan fingerprint density at radius 1 is 0.957 bits per heavy atom. The fourth-order valence-corrected chi connectivity index (χ4v) is 7.58. The minimum Gasteiger partial charge on any atom is -0.389 e. The highest BCUT2D eigenvalue weighted by Crippen LogP contribution is 2.51. The van der Waals surface area contributed by atoms with E-state index in [2.05, 4.69) is 76.6 Å². The molecule has 3 aromatic rings. The van der Waals surface area contributed by atoms with Crippen LogP contribution in [0.5, 0.6) is 0 Å². The van der Waals surface area contributed by atoms with Crippen LogP contribution < -0.4 is 0 Å². The maximum Gasteiger partial charge on any atom is 0.158 e. The van der Waals surface area contributed by atoms with Gasteiger partial charge in [0.25, 0.3) is 0 Å². The van der Waals surface area contributed by atoms with Crippen LogP contribution in [0.2, 0.25) is 0 Å². The molecule has 0 spiro atoms. The molecule has 3 unspecified atom stereocenters. The molecule has 3 atom stereocenters. The van der Waals surface area contributed by atoms with Crippen LogP contribution in [-0.4, -0.2) is 50.1 Å². The van der Waals surface area contributed by atoms with Gasteiger partial charge in [-0.15, -0.1) is 0 Å². The van der Waals surface area contributed by atoms with Crippen LogP contribution in [0.3, 0.4) is 0 Å². The lowest BCUT2D eigenvalue weighted by Gasteiger charge is -2.14. The first kappa shape index (κ1) is 31.7. The lowest BCUT2D eigenvalue weighted by atomic mass is 9.90. The summed E-state index contributed by atoms with van der Waals surface area (Å²) >= 11 is 0. The van der Waals surface area contributed by atoms with Gasteiger partial charge in [-0.3, -0.25) is 4.79 Å². The van der Waals surface area contributed by atoms with Gasteiger partial charge in [-0.2, -0.15) is 0 Å². The van der Waals surface area contributed by atoms with Crippen molar-refractivity contribution in [2.75, 3.05) is 13.2 Å². The van der Waals surface area contributed by atoms with E-state index >= 15 is 0 Å². The van der Waals surface area contributed by atoms with Gasteiger partial charge in [0.05, 0.1) is 40.5 Å². The van der Waals surface area contributed by atoms with Gasteiger partial charge in [-0.25, -0.2) is 9.97 Å². The number of ether oxygens (including phenoxy) is 2. The Labute approximate surface area is 276 Å². The number of aromatic amines is 2. The minimum absolute atomic E-state index is 0.0828. The first-order valence-corrected chi connectivity index (χ1v) is 17.2. The van der Waals surface area contributed by atoms with Crippen molar-refractivity contribution < 1.29 is 19.4 Å². The lowest BCUT2D eigenvalue weighted by molar-refractivity contribution is -0.121. The Balaban J connectivity index is 1.53. The maximum atomic E-state index is 12.3. The van der Waals surface area contributed by atoms with E-state index in [-0.39, 0.29) is 30.5 Å². The summed E-state index contributed by atoms with van der Waals surface area (Å²) < 4.78 is 12.6. The number of H-pyrrole nitrogens is 2. The third-order valence-electron chi connectivity index (χ3n) is 10.7. The molecule has 246 valence electrons. The van der Waals surface area contributed by atoms with Gasteiger partial charge in [0.2, 0.25) is 0 Å². The number of ketones is 1. The number of carbonyl (C=O) groups excluding carboxylic acids is 1. The van der Waals surface area contributed by atoms with Gasteiger partial charge in [-0.05, 0) is 106 Å². The van der Waals surface area contributed by atoms with E-state index in [0.717, 1.165) is 116 Å². The molecule has 7 rings (SSSR count). The molecule has 1 fully saturated rings. The van der Waals surface area contributed by atoms with Crippen LogP contribution >= 0.6 is 0 Å². The van der Waals surface area contributed by atoms with Crippen LogP contribution in [-0.2, 0) is 20.7 Å². The molecule has 0 radical (unpaired) electrons. The number of hydrogen-bond donors (Lipinski definition) is 3. The zero-order valence-corrected chi connectivity index (χ0v) is 28.7. The summed E-state index contributed by atoms with van der Waals surface area (Å²) in [7, 11) is 0. The smallest absolute Gasteiger partial charge is 0.158 e. The fraction of sp³-hybridized carbons (Fsp3) is 0.462. The Bertz CT molecular complexity index is 2030. The number of epoxide rings is 1. The van der Waals surface area contributed by atoms with Crippen LogP contribution in [0.25, 0.3) is 44.4 Å². The number of unbranched alkanes of at least 4 members (excludes halogenated alkanes) is 2. The Morgan fingerprint density at radius 2 is 1.64 bits per heavy atom. The average Bonchev–Trinajstić information content (AvgIpc) is 3.42. The number of nitrogens with one attached hydrogen (secondary N) is 2. The zero-order chi connectivity index (χ0) is 33.1. The molecule has 0 saturated carbocycles. The van der Waals surface area contributed by atoms with Gasteiger partial charge in [0.15, 0.2) is 5.78 Å². The number of rotatable bonds is 10. The predicted octanol–water partition coefficient (Wildman–Crippen LogP) is 8.42. The summed E-state index contributed by atoms with van der Waals surface area (Å²) in [6, 6.07) is 6.48. The van der Waals surface area contributed by atoms with Crippen LogP contribution in [0.15, 0.2) is 18.2 Å². The molecule has 0 amide bonds. The second-order valence-corrected chi connectivity index (χ2v) is 13.7. The molecule has 3 aliphatic heterocycles. The Morgan fingerprint density at radius 3 is 2.34 bits per heavy atom. The third-order valence-corrected chi connectivity index (χ3v) is 10.7. The number of aryl methyl sites for hydroxylation is 2. The van der Waals surface area contributed by atoms with Crippen molar-refractivity contribution in [2.24, 2.45) is 0 Å². The molecule has 3 aromatic heterocycles. The van der Waals surface area contributed by atoms with Gasteiger partial charge in [0.1, 0.15) is 12.7 Å². The number of aliphatic hydroxyl groups excluding tert-OH is 1. The van der Waals surface area contributed by atoms with Crippen molar-refractivity contribution in [3.05, 3.63) is 68.8 Å². The Kier molecular flexibility index (Phi) is 8.31. The van der Waals surface area contributed by atoms with Crippen LogP contribution in [0.4, 0.5) is 0 Å². The predicted molar refractivity (Wildman–Crippen MR) is 188 cm³/mol. The summed E-state index contributed by atoms with van der Waals surface area (Å²) in [4.78, 5) is 30.3. The molecule has 8 bridgehead atoms. The molecule has 8 nitrogen and oxygen atoms in total. The highest BCUT2D eigenvalue weighted by molar-refractivity contribution is 5.97. The number of carbonyl (C=O) groups is 1. The van der Waals surface area contributed by atoms with E-state index in [0.29, 0.717) is 6.42 Å². The van der Waals surface area contributed by atoms with Crippen molar-refractivity contribution >= 4 is 50.1 Å². The molecule has 0 aromatic carbocycles. The molecular formula is C39H46N4O4. The van der Waals surface area contributed by atoms with Gasteiger partial charge in [-0.1, -0.05) is 19.8 Å². The zero-order valence-electron chi connectivity index (χ0n) is 28.7. The number of allylic oxidation sites excluding steroid dienone is 4. The van der Waals surface area contributed by atoms with E-state index in [4.69, 9.17) is 19.4 Å². The largest absolute Gasteiger partial charge is 0.389 e. The molecule has 6 heterocycles. The minimum atomic E-state index is -0.451. The lowest BCUT2D eigenvalue weighted by Crippen LogP contribution is -2.07. The number of Topliss-reactive ketones (excluding diaryl/α,β-unsaturated/α-hetero) is 1. The quantitative estimate of drug-likeness (QED) is 0.152. The van der Waals surface area contributed by atoms with Gasteiger partial charge in [0, 0.05) is 52.7 Å². The van der Waals surface area contributed by atoms with E-state index < -0.39 is 6.61 Å². The summed E-state index contributed by atoms with van der Waals surface area (Å²) in [5.41, 5.74) is 17.9. The average molecular weight is 635 g/mol. The van der Waals surface area contributed by atoms with Gasteiger partial charge >= 0.3 is 0 Å². The molecule has 1 aliphatic carbocycles. The summed E-state index contributed by atoms with van der Waals surface area (Å²) in [6.45, 7) is 15.3. The van der Waals surface area contributed by atoms with E-state index in [1.165, 1.54) is 11.1 Å². The summed E-state index contributed by atoms with van der Waals surface area (Å²) in [6.07, 6.45) is 4.98. The summed E-state index contributed by atoms with van der Waals surface area (Å²) in [5, 5.41) is 9.51. The van der Waals surface area contributed by atoms with Crippen LogP contribution in [0.1, 0.15) is 130 Å². The van der Waals surface area contributed by atoms with Crippen molar-refractivity contribution in [1.82, 2.24) is 19.9 Å². The monoisotopic (exact) mass is 634 g/mol. The Hall–Kier alpha value is -3.85. The number of aromatic nitrogens is 4. The SMILES string of the molecule is CCCCCOC(C)c1c(C)c2cc3nc(c4c5[nH]c(cc6nc(cc1[nH]2)C(C)=C6C)c(C)c5C1OC1C4)C(CCC(=O)CO)=C3C. The van der Waals surface area contributed by atoms with Gasteiger partial charge < -0.3 is 24.5 Å². The molecule has 3 N–H and O–H groups in total. The molecular weight excluding hydrogens is 588 g/mol. The second kappa shape index (κ2) is 12.3. The number of nitrogens with zero attached hydrogens (tertiary/aromatic N) is 2. The van der Waals surface area contributed by atoms with E-state index in [9.17, 15) is 9.90 Å². The number of fused-ring (bicyclic) bond motifs is 10. The highest BCUT2D eigenvalue weighted by atomic mass is 16.6. The topological polar surface area (TPSA) is 116 Å². The van der Waals surface area contributed by atoms with E-state index in [1.807, 2.05) is 0 Å². The molecule has 4 aliphatic rings. The highest BCUT2D eigenvalue weighted by Gasteiger charge is 2.47. The summed E-state index contributed by atoms with van der Waals surface area (Å²) in [5.74, 6) is -0.169. The number of aliphatic hydroxyl groups is 1. The van der Waals surface area contributed by atoms with Crippen molar-refractivity contribution in [3.63, 3.8) is 0 Å². The third kappa shape index (κ3) is 5.50. The van der Waals surface area contributed by atoms with Crippen molar-refractivity contribution in [1.29, 1.82) is 0 Å². The van der Waals surface area contributed by atoms with Crippen molar-refractivity contribution in [3.8, 4) is 0 Å².